The fraction of sp³-hybridized carbons (Fsp3) is 0.417. The van der Waals surface area contributed by atoms with Crippen molar-refractivity contribution in [1.82, 2.24) is 9.78 Å². The van der Waals surface area contributed by atoms with Crippen molar-refractivity contribution < 1.29 is 4.42 Å². The van der Waals surface area contributed by atoms with Gasteiger partial charge in [-0.05, 0) is 38.0 Å². The van der Waals surface area contributed by atoms with Gasteiger partial charge in [-0.2, -0.15) is 5.10 Å². The van der Waals surface area contributed by atoms with E-state index in [2.05, 4.69) is 5.10 Å². The van der Waals surface area contributed by atoms with Crippen molar-refractivity contribution in [2.45, 2.75) is 25.8 Å². The maximum Gasteiger partial charge on any atom is 0.120 e. The van der Waals surface area contributed by atoms with Gasteiger partial charge in [0.15, 0.2) is 0 Å². The largest absolute Gasteiger partial charge is 0.465 e. The molecule has 2 N–H and O–H groups in total. The van der Waals surface area contributed by atoms with Gasteiger partial charge in [-0.1, -0.05) is 0 Å². The normalized spacial score (nSPS) is 12.9. The molecule has 0 spiro atoms. The molecule has 0 saturated heterocycles. The molecule has 2 aromatic heterocycles. The van der Waals surface area contributed by atoms with Gasteiger partial charge in [-0.15, -0.1) is 0 Å². The van der Waals surface area contributed by atoms with Crippen LogP contribution in [0.1, 0.15) is 29.7 Å². The molecule has 1 unspecified atom stereocenters. The molecule has 0 fully saturated rings. The molecular formula is C12H17N3O. The Bertz CT molecular complexity index is 458. The molecule has 0 aromatic carbocycles. The highest BCUT2D eigenvalue weighted by Gasteiger charge is 2.10. The third kappa shape index (κ3) is 2.33. The van der Waals surface area contributed by atoms with Crippen LogP contribution >= 0.6 is 0 Å². The molecule has 2 rings (SSSR count). The molecule has 4 heteroatoms. The molecular weight excluding hydrogens is 202 g/mol. The van der Waals surface area contributed by atoms with Crippen molar-refractivity contribution in [2.24, 2.45) is 12.8 Å². The Hall–Kier alpha value is -1.55. The van der Waals surface area contributed by atoms with Gasteiger partial charge in [0.25, 0.3) is 0 Å². The summed E-state index contributed by atoms with van der Waals surface area (Å²) in [6.45, 7) is 1.93. The van der Waals surface area contributed by atoms with Crippen LogP contribution in [0.15, 0.2) is 28.8 Å². The van der Waals surface area contributed by atoms with Crippen LogP contribution in [0, 0.1) is 6.92 Å². The topological polar surface area (TPSA) is 57.0 Å². The van der Waals surface area contributed by atoms with E-state index in [0.717, 1.165) is 24.4 Å². The fourth-order valence-electron chi connectivity index (χ4n) is 1.74. The summed E-state index contributed by atoms with van der Waals surface area (Å²) in [7, 11) is 1.94. The van der Waals surface area contributed by atoms with Crippen LogP contribution in [-0.4, -0.2) is 9.78 Å². The lowest BCUT2D eigenvalue weighted by molar-refractivity contribution is 0.432. The minimum absolute atomic E-state index is 0.0383. The predicted octanol–water partition coefficient (Wildman–Crippen LogP) is 1.95. The van der Waals surface area contributed by atoms with Crippen LogP contribution in [0.2, 0.25) is 0 Å². The second-order valence-electron chi connectivity index (χ2n) is 4.04. The second kappa shape index (κ2) is 4.53. The Morgan fingerprint density at radius 2 is 2.25 bits per heavy atom. The molecule has 1 atom stereocenters. The standard InChI is InChI=1S/C12H17N3O/c1-9-3-6-12(16-9)11(13)5-4-10-7-8-14-15(10)2/h3,6-8,11H,4-5,13H2,1-2H3. The van der Waals surface area contributed by atoms with Gasteiger partial charge in [-0.3, -0.25) is 4.68 Å². The van der Waals surface area contributed by atoms with Crippen molar-refractivity contribution in [2.75, 3.05) is 0 Å². The summed E-state index contributed by atoms with van der Waals surface area (Å²) in [5.41, 5.74) is 7.24. The van der Waals surface area contributed by atoms with E-state index in [1.807, 2.05) is 36.9 Å². The van der Waals surface area contributed by atoms with Crippen LogP contribution in [0.4, 0.5) is 0 Å². The number of aryl methyl sites for hydroxylation is 3. The highest BCUT2D eigenvalue weighted by atomic mass is 16.3. The molecule has 0 aliphatic rings. The van der Waals surface area contributed by atoms with Crippen LogP contribution in [0.3, 0.4) is 0 Å². The van der Waals surface area contributed by atoms with Gasteiger partial charge < -0.3 is 10.2 Å². The molecule has 0 bridgehead atoms. The summed E-state index contributed by atoms with van der Waals surface area (Å²) < 4.78 is 7.37. The zero-order chi connectivity index (χ0) is 11.5. The molecule has 0 amide bonds. The maximum atomic E-state index is 6.05. The molecule has 0 aliphatic heterocycles. The lowest BCUT2D eigenvalue weighted by Crippen LogP contribution is -2.11. The lowest BCUT2D eigenvalue weighted by atomic mass is 10.1. The van der Waals surface area contributed by atoms with E-state index in [1.54, 1.807) is 6.20 Å². The molecule has 2 aromatic rings. The molecule has 0 aliphatic carbocycles. The van der Waals surface area contributed by atoms with E-state index in [9.17, 15) is 0 Å². The summed E-state index contributed by atoms with van der Waals surface area (Å²) in [6.07, 6.45) is 3.59. The smallest absolute Gasteiger partial charge is 0.120 e. The molecule has 2 heterocycles. The first-order chi connectivity index (χ1) is 7.66. The van der Waals surface area contributed by atoms with E-state index in [-0.39, 0.29) is 6.04 Å². The van der Waals surface area contributed by atoms with Crippen molar-refractivity contribution in [3.8, 4) is 0 Å². The SMILES string of the molecule is Cc1ccc(C(N)CCc2ccnn2C)o1. The van der Waals surface area contributed by atoms with Crippen molar-refractivity contribution in [3.05, 3.63) is 41.6 Å². The first-order valence-corrected chi connectivity index (χ1v) is 5.45. The van der Waals surface area contributed by atoms with Gasteiger partial charge in [0, 0.05) is 18.9 Å². The average Bonchev–Trinajstić information content (AvgIpc) is 2.84. The summed E-state index contributed by atoms with van der Waals surface area (Å²) >= 11 is 0. The predicted molar refractivity (Wildman–Crippen MR) is 61.9 cm³/mol. The first kappa shape index (κ1) is 11.0. The Morgan fingerprint density at radius 3 is 2.81 bits per heavy atom. The first-order valence-electron chi connectivity index (χ1n) is 5.45. The van der Waals surface area contributed by atoms with Gasteiger partial charge in [0.05, 0.1) is 6.04 Å². The number of hydrogen-bond donors (Lipinski definition) is 1. The number of hydrogen-bond acceptors (Lipinski definition) is 3. The zero-order valence-corrected chi connectivity index (χ0v) is 9.68. The highest BCUT2D eigenvalue weighted by Crippen LogP contribution is 2.18. The van der Waals surface area contributed by atoms with Gasteiger partial charge >= 0.3 is 0 Å². The minimum Gasteiger partial charge on any atom is -0.465 e. The van der Waals surface area contributed by atoms with E-state index in [1.165, 1.54) is 5.69 Å². The summed E-state index contributed by atoms with van der Waals surface area (Å²) in [6, 6.07) is 5.87. The van der Waals surface area contributed by atoms with E-state index < -0.39 is 0 Å². The number of nitrogens with zero attached hydrogens (tertiary/aromatic N) is 2. The summed E-state index contributed by atoms with van der Waals surface area (Å²) in [4.78, 5) is 0. The highest BCUT2D eigenvalue weighted by molar-refractivity contribution is 5.10. The number of rotatable bonds is 4. The van der Waals surface area contributed by atoms with Crippen LogP contribution in [0.25, 0.3) is 0 Å². The third-order valence-electron chi connectivity index (χ3n) is 2.76. The Morgan fingerprint density at radius 1 is 1.44 bits per heavy atom. The summed E-state index contributed by atoms with van der Waals surface area (Å²) in [5.74, 6) is 1.77. The minimum atomic E-state index is -0.0383. The maximum absolute atomic E-state index is 6.05. The lowest BCUT2D eigenvalue weighted by Gasteiger charge is -2.08. The molecule has 16 heavy (non-hydrogen) atoms. The quantitative estimate of drug-likeness (QED) is 0.855. The van der Waals surface area contributed by atoms with E-state index in [0.29, 0.717) is 0 Å². The molecule has 0 radical (unpaired) electrons. The monoisotopic (exact) mass is 219 g/mol. The summed E-state index contributed by atoms with van der Waals surface area (Å²) in [5, 5.41) is 4.12. The average molecular weight is 219 g/mol. The zero-order valence-electron chi connectivity index (χ0n) is 9.68. The molecule has 4 nitrogen and oxygen atoms in total. The number of nitrogens with two attached hydrogens (primary N) is 1. The van der Waals surface area contributed by atoms with Crippen molar-refractivity contribution >= 4 is 0 Å². The Labute approximate surface area is 95.1 Å². The molecule has 0 saturated carbocycles. The van der Waals surface area contributed by atoms with Gasteiger partial charge in [-0.25, -0.2) is 0 Å². The van der Waals surface area contributed by atoms with Crippen LogP contribution < -0.4 is 5.73 Å². The third-order valence-corrected chi connectivity index (χ3v) is 2.76. The number of furan rings is 1. The Balaban J connectivity index is 1.93. The van der Waals surface area contributed by atoms with E-state index in [4.69, 9.17) is 10.2 Å². The van der Waals surface area contributed by atoms with Crippen LogP contribution in [0.5, 0.6) is 0 Å². The van der Waals surface area contributed by atoms with Crippen LogP contribution in [-0.2, 0) is 13.5 Å². The van der Waals surface area contributed by atoms with E-state index >= 15 is 0 Å². The second-order valence-corrected chi connectivity index (χ2v) is 4.04. The molecule has 86 valence electrons. The Kier molecular flexibility index (Phi) is 3.10. The van der Waals surface area contributed by atoms with Crippen molar-refractivity contribution in [3.63, 3.8) is 0 Å². The van der Waals surface area contributed by atoms with Gasteiger partial charge in [0.2, 0.25) is 0 Å². The fourth-order valence-corrected chi connectivity index (χ4v) is 1.74. The van der Waals surface area contributed by atoms with Crippen molar-refractivity contribution in [1.29, 1.82) is 0 Å². The number of aromatic nitrogens is 2. The van der Waals surface area contributed by atoms with Gasteiger partial charge in [0.1, 0.15) is 11.5 Å².